The summed E-state index contributed by atoms with van der Waals surface area (Å²) in [5.41, 5.74) is 11.5. The van der Waals surface area contributed by atoms with Crippen molar-refractivity contribution in [3.05, 3.63) is 167 Å². The first-order valence-corrected chi connectivity index (χ1v) is 18.2. The standard InChI is InChI=1S/C40H42Si/c1-25(2)31-19-21-33(29-15-11-9-12-16-29)35-23-27(5)39(37(31)35)41(7,8)40-28(6)24-36-34(30-17-13-10-14-18-30)22-20-32(26(3)4)38(36)40/h9-26H,1-8H3. The third-order valence-electron chi connectivity index (χ3n) is 9.23. The van der Waals surface area contributed by atoms with Gasteiger partial charge in [-0.1, -0.05) is 151 Å². The second-order valence-corrected chi connectivity index (χ2v) is 17.3. The number of hydrogen-bond donors (Lipinski definition) is 0. The second-order valence-electron chi connectivity index (χ2n) is 13.1. The van der Waals surface area contributed by atoms with Gasteiger partial charge in [0.05, 0.1) is 8.07 Å². The Kier molecular flexibility index (Phi) is 7.73. The Balaban J connectivity index is 1.42. The lowest BCUT2D eigenvalue weighted by molar-refractivity contribution is 0.743. The number of rotatable bonds is 6. The van der Waals surface area contributed by atoms with Gasteiger partial charge in [0.1, 0.15) is 0 Å². The molecule has 0 N–H and O–H groups in total. The molecule has 0 amide bonds. The first-order valence-electron chi connectivity index (χ1n) is 15.2. The minimum absolute atomic E-state index is 0.459. The Hall–Kier alpha value is -2.38. The van der Waals surface area contributed by atoms with Gasteiger partial charge in [0.2, 0.25) is 0 Å². The van der Waals surface area contributed by atoms with Crippen LogP contribution in [0.2, 0.25) is 13.1 Å². The van der Waals surface area contributed by atoms with Crippen molar-refractivity contribution in [3.63, 3.8) is 0 Å². The average Bonchev–Trinajstić information content (AvgIpc) is 3.49. The van der Waals surface area contributed by atoms with Crippen molar-refractivity contribution in [2.45, 2.75) is 54.6 Å². The van der Waals surface area contributed by atoms with Gasteiger partial charge in [-0.25, -0.2) is 0 Å². The number of allylic oxidation sites excluding steroid dienone is 8. The van der Waals surface area contributed by atoms with E-state index in [1.54, 1.807) is 11.1 Å². The van der Waals surface area contributed by atoms with E-state index >= 15 is 0 Å². The van der Waals surface area contributed by atoms with Gasteiger partial charge < -0.3 is 0 Å². The SMILES string of the molecule is C[C]1[CH][C]2[C]([C]1[Si](C)(C)[C]1[C](C)[CH][C]3[C]1C(C(C)C)=CC=C3c1ccccc1)C(C(C)C)=CC=C2c1ccccc1. The zero-order chi connectivity index (χ0) is 29.1. The van der Waals surface area contributed by atoms with Crippen LogP contribution >= 0.6 is 0 Å². The zero-order valence-corrected chi connectivity index (χ0v) is 26.9. The lowest BCUT2D eigenvalue weighted by atomic mass is 9.73. The summed E-state index contributed by atoms with van der Waals surface area (Å²) in [6, 6.07) is 21.9. The van der Waals surface area contributed by atoms with Crippen LogP contribution in [-0.4, -0.2) is 8.07 Å². The van der Waals surface area contributed by atoms with Crippen molar-refractivity contribution in [2.75, 3.05) is 0 Å². The third kappa shape index (κ3) is 4.81. The van der Waals surface area contributed by atoms with Crippen LogP contribution in [0.1, 0.15) is 52.7 Å². The molecule has 4 aliphatic carbocycles. The van der Waals surface area contributed by atoms with Gasteiger partial charge in [-0.3, -0.25) is 0 Å². The maximum absolute atomic E-state index is 2.61. The predicted octanol–water partition coefficient (Wildman–Crippen LogP) is 10.2. The molecule has 0 saturated heterocycles. The van der Waals surface area contributed by atoms with E-state index in [-0.39, 0.29) is 0 Å². The molecule has 2 aromatic carbocycles. The zero-order valence-electron chi connectivity index (χ0n) is 25.9. The molecular weight excluding hydrogens is 509 g/mol. The van der Waals surface area contributed by atoms with Crippen molar-refractivity contribution in [1.29, 1.82) is 0 Å². The van der Waals surface area contributed by atoms with Gasteiger partial charge in [0.15, 0.2) is 0 Å². The van der Waals surface area contributed by atoms with Crippen LogP contribution in [0.5, 0.6) is 0 Å². The summed E-state index contributed by atoms with van der Waals surface area (Å²) in [4.78, 5) is 0. The monoisotopic (exact) mass is 550 g/mol. The highest BCUT2D eigenvalue weighted by molar-refractivity contribution is 6.90. The highest BCUT2D eigenvalue weighted by Crippen LogP contribution is 2.67. The Morgan fingerprint density at radius 3 is 1.22 bits per heavy atom. The molecule has 206 valence electrons. The summed E-state index contributed by atoms with van der Waals surface area (Å²) in [6.45, 7) is 19.3. The molecule has 0 bridgehead atoms. The van der Waals surface area contributed by atoms with E-state index in [1.807, 2.05) is 0 Å². The molecular formula is C40H42Si. The molecule has 41 heavy (non-hydrogen) atoms. The summed E-state index contributed by atoms with van der Waals surface area (Å²) in [6.07, 6.45) is 14.5. The minimum atomic E-state index is -2.17. The van der Waals surface area contributed by atoms with E-state index in [0.717, 1.165) is 0 Å². The minimum Gasteiger partial charge on any atom is -0.0684 e. The van der Waals surface area contributed by atoms with E-state index in [0.29, 0.717) is 11.8 Å². The first kappa shape index (κ1) is 28.7. The van der Waals surface area contributed by atoms with E-state index in [9.17, 15) is 0 Å². The Labute approximate surface area is 251 Å². The topological polar surface area (TPSA) is 0 Å². The molecule has 2 aromatic rings. The van der Waals surface area contributed by atoms with E-state index < -0.39 is 8.07 Å². The highest BCUT2D eigenvalue weighted by atomic mass is 28.3. The fourth-order valence-corrected chi connectivity index (χ4v) is 11.7. The molecule has 4 aliphatic rings. The summed E-state index contributed by atoms with van der Waals surface area (Å²) in [5, 5.41) is 0. The quantitative estimate of drug-likeness (QED) is 0.314. The summed E-state index contributed by atoms with van der Waals surface area (Å²) in [5.74, 6) is 9.66. The summed E-state index contributed by atoms with van der Waals surface area (Å²) < 4.78 is 0. The largest absolute Gasteiger partial charge is 0.0684 e. The molecule has 2 fully saturated rings. The Morgan fingerprint density at radius 1 is 0.512 bits per heavy atom. The van der Waals surface area contributed by atoms with Gasteiger partial charge in [0.25, 0.3) is 0 Å². The molecule has 0 heterocycles. The first-order chi connectivity index (χ1) is 19.6. The fourth-order valence-electron chi connectivity index (χ4n) is 7.54. The molecule has 0 nitrogen and oxygen atoms in total. The van der Waals surface area contributed by atoms with Gasteiger partial charge in [-0.05, 0) is 69.9 Å². The number of fused-ring (bicyclic) bond motifs is 2. The normalized spacial score (nSPS) is 22.7. The lowest BCUT2D eigenvalue weighted by Crippen LogP contribution is -2.49. The van der Waals surface area contributed by atoms with Crippen molar-refractivity contribution in [3.8, 4) is 0 Å². The van der Waals surface area contributed by atoms with Crippen LogP contribution in [0.4, 0.5) is 0 Å². The molecule has 0 unspecified atom stereocenters. The molecule has 0 atom stereocenters. The smallest absolute Gasteiger partial charge is 0.0642 e. The van der Waals surface area contributed by atoms with Crippen molar-refractivity contribution < 1.29 is 0 Å². The highest BCUT2D eigenvalue weighted by Gasteiger charge is 2.62. The Bertz CT molecular complexity index is 1260. The summed E-state index contributed by atoms with van der Waals surface area (Å²) >= 11 is 0. The third-order valence-corrected chi connectivity index (χ3v) is 13.0. The Morgan fingerprint density at radius 2 is 0.878 bits per heavy atom. The molecule has 0 spiro atoms. The maximum atomic E-state index is 2.61. The van der Waals surface area contributed by atoms with Crippen LogP contribution in [0.25, 0.3) is 11.1 Å². The van der Waals surface area contributed by atoms with E-state index in [2.05, 4.69) is 152 Å². The average molecular weight is 551 g/mol. The van der Waals surface area contributed by atoms with E-state index in [4.69, 9.17) is 0 Å². The fraction of sp³-hybridized carbons (Fsp3) is 0.250. The van der Waals surface area contributed by atoms with Gasteiger partial charge in [-0.2, -0.15) is 0 Å². The maximum Gasteiger partial charge on any atom is 0.0642 e. The van der Waals surface area contributed by atoms with Gasteiger partial charge in [0, 0.05) is 23.7 Å². The summed E-state index contributed by atoms with van der Waals surface area (Å²) in [7, 11) is -2.17. The predicted molar refractivity (Wildman–Crippen MR) is 178 cm³/mol. The van der Waals surface area contributed by atoms with Crippen molar-refractivity contribution in [2.24, 2.45) is 11.8 Å². The molecule has 2 saturated carbocycles. The van der Waals surface area contributed by atoms with Gasteiger partial charge >= 0.3 is 0 Å². The van der Waals surface area contributed by atoms with Crippen LogP contribution in [-0.2, 0) is 0 Å². The van der Waals surface area contributed by atoms with Crippen LogP contribution in [0, 0.1) is 71.3 Å². The van der Waals surface area contributed by atoms with Crippen LogP contribution < -0.4 is 0 Å². The van der Waals surface area contributed by atoms with E-state index in [1.165, 1.54) is 68.9 Å². The number of benzene rings is 2. The molecule has 10 radical (unpaired) electrons. The van der Waals surface area contributed by atoms with Crippen molar-refractivity contribution in [1.82, 2.24) is 0 Å². The lowest BCUT2D eigenvalue weighted by Gasteiger charge is -2.47. The second kappa shape index (κ2) is 11.0. The molecule has 1 heteroatoms. The van der Waals surface area contributed by atoms with Crippen LogP contribution in [0.3, 0.4) is 0 Å². The molecule has 6 rings (SSSR count). The molecule has 0 aromatic heterocycles. The van der Waals surface area contributed by atoms with Crippen molar-refractivity contribution >= 4 is 19.2 Å². The molecule has 0 aliphatic heterocycles. The van der Waals surface area contributed by atoms with Crippen LogP contribution in [0.15, 0.2) is 96.1 Å². The number of hydrogen-bond acceptors (Lipinski definition) is 0. The van der Waals surface area contributed by atoms with Gasteiger partial charge in [-0.15, -0.1) is 0 Å².